The molecule has 2 bridgehead atoms. The van der Waals surface area contributed by atoms with E-state index in [0.717, 1.165) is 32.1 Å². The summed E-state index contributed by atoms with van der Waals surface area (Å²) in [4.78, 5) is 23.1. The zero-order chi connectivity index (χ0) is 9.26. The van der Waals surface area contributed by atoms with E-state index in [0.29, 0.717) is 24.4 Å². The van der Waals surface area contributed by atoms with Crippen LogP contribution in [0.2, 0.25) is 0 Å². The Bertz CT molecular complexity index is 208. The molecular formula is C11H16O2. The van der Waals surface area contributed by atoms with E-state index in [1.54, 1.807) is 0 Å². The van der Waals surface area contributed by atoms with E-state index in [4.69, 9.17) is 0 Å². The molecule has 0 saturated heterocycles. The Balaban J connectivity index is 2.16. The van der Waals surface area contributed by atoms with E-state index in [2.05, 4.69) is 0 Å². The lowest BCUT2D eigenvalue weighted by atomic mass is 9.91. The van der Waals surface area contributed by atoms with Crippen LogP contribution in [0.15, 0.2) is 0 Å². The summed E-state index contributed by atoms with van der Waals surface area (Å²) in [5.74, 6) is 1.27. The third-order valence-corrected chi connectivity index (χ3v) is 3.43. The number of Topliss-reactive ketones (excluding diaryl/α,β-unsaturated/α-hetero) is 2. The van der Waals surface area contributed by atoms with Crippen molar-refractivity contribution in [3.63, 3.8) is 0 Å². The normalized spacial score (nSPS) is 35.4. The monoisotopic (exact) mass is 180 g/mol. The van der Waals surface area contributed by atoms with Gasteiger partial charge in [-0.25, -0.2) is 0 Å². The van der Waals surface area contributed by atoms with Crippen LogP contribution >= 0.6 is 0 Å². The van der Waals surface area contributed by atoms with Gasteiger partial charge in [0.15, 0.2) is 0 Å². The molecule has 2 saturated carbocycles. The number of rotatable bonds is 0. The van der Waals surface area contributed by atoms with Crippen molar-refractivity contribution in [2.24, 2.45) is 11.8 Å². The molecule has 2 rings (SSSR count). The van der Waals surface area contributed by atoms with Crippen LogP contribution in [0.25, 0.3) is 0 Å². The fourth-order valence-corrected chi connectivity index (χ4v) is 2.62. The summed E-state index contributed by atoms with van der Waals surface area (Å²) >= 11 is 0. The van der Waals surface area contributed by atoms with Crippen molar-refractivity contribution >= 4 is 11.6 Å². The third-order valence-electron chi connectivity index (χ3n) is 3.43. The highest BCUT2D eigenvalue weighted by molar-refractivity contribution is 5.86. The lowest BCUT2D eigenvalue weighted by molar-refractivity contribution is -0.123. The average molecular weight is 180 g/mol. The second-order valence-electron chi connectivity index (χ2n) is 4.35. The van der Waals surface area contributed by atoms with Gasteiger partial charge in [0, 0.05) is 24.7 Å². The molecule has 0 heterocycles. The van der Waals surface area contributed by atoms with Gasteiger partial charge in [-0.3, -0.25) is 9.59 Å². The van der Waals surface area contributed by atoms with E-state index >= 15 is 0 Å². The van der Waals surface area contributed by atoms with Crippen molar-refractivity contribution in [3.8, 4) is 0 Å². The van der Waals surface area contributed by atoms with Gasteiger partial charge in [0.25, 0.3) is 0 Å². The predicted octanol–water partition coefficient (Wildman–Crippen LogP) is 2.11. The first kappa shape index (κ1) is 8.92. The molecule has 2 aliphatic carbocycles. The smallest absolute Gasteiger partial charge is 0.136 e. The molecule has 0 aliphatic heterocycles. The number of fused-ring (bicyclic) bond motifs is 2. The molecule has 2 atom stereocenters. The van der Waals surface area contributed by atoms with Crippen LogP contribution < -0.4 is 0 Å². The molecule has 2 unspecified atom stereocenters. The highest BCUT2D eigenvalue weighted by atomic mass is 16.1. The molecule has 0 spiro atoms. The first-order valence-electron chi connectivity index (χ1n) is 5.33. The standard InChI is InChI=1S/C11H16O2/c12-10-5-1-3-8-7-9(10)4-2-6-11(8)13/h8-9H,1-7H2. The summed E-state index contributed by atoms with van der Waals surface area (Å²) in [5, 5.41) is 0. The summed E-state index contributed by atoms with van der Waals surface area (Å²) in [5.41, 5.74) is 0. The minimum Gasteiger partial charge on any atom is -0.299 e. The highest BCUT2D eigenvalue weighted by Crippen LogP contribution is 2.33. The van der Waals surface area contributed by atoms with Crippen molar-refractivity contribution < 1.29 is 9.59 Å². The van der Waals surface area contributed by atoms with Crippen LogP contribution in [-0.4, -0.2) is 11.6 Å². The molecule has 0 aromatic rings. The predicted molar refractivity (Wildman–Crippen MR) is 49.3 cm³/mol. The number of carbonyl (C=O) groups excluding carboxylic acids is 2. The molecule has 0 radical (unpaired) electrons. The van der Waals surface area contributed by atoms with Crippen LogP contribution in [0.3, 0.4) is 0 Å². The van der Waals surface area contributed by atoms with Crippen LogP contribution in [0.4, 0.5) is 0 Å². The first-order valence-corrected chi connectivity index (χ1v) is 5.33. The van der Waals surface area contributed by atoms with Crippen LogP contribution in [-0.2, 0) is 9.59 Å². The zero-order valence-corrected chi connectivity index (χ0v) is 7.92. The maximum Gasteiger partial charge on any atom is 0.136 e. The second kappa shape index (κ2) is 3.60. The van der Waals surface area contributed by atoms with E-state index in [9.17, 15) is 9.59 Å². The molecule has 0 aromatic heterocycles. The van der Waals surface area contributed by atoms with Crippen molar-refractivity contribution in [2.75, 3.05) is 0 Å². The summed E-state index contributed by atoms with van der Waals surface area (Å²) < 4.78 is 0. The Morgan fingerprint density at radius 3 is 1.77 bits per heavy atom. The average Bonchev–Trinajstić information content (AvgIpc) is 2.38. The molecule has 72 valence electrons. The quantitative estimate of drug-likeness (QED) is 0.572. The maximum absolute atomic E-state index is 11.6. The van der Waals surface area contributed by atoms with E-state index in [1.807, 2.05) is 0 Å². The molecule has 2 nitrogen and oxygen atoms in total. The van der Waals surface area contributed by atoms with Crippen LogP contribution in [0.1, 0.15) is 44.9 Å². The Kier molecular flexibility index (Phi) is 2.47. The van der Waals surface area contributed by atoms with E-state index in [1.165, 1.54) is 0 Å². The van der Waals surface area contributed by atoms with E-state index < -0.39 is 0 Å². The van der Waals surface area contributed by atoms with E-state index in [-0.39, 0.29) is 11.8 Å². The van der Waals surface area contributed by atoms with Gasteiger partial charge in [0.05, 0.1) is 0 Å². The number of ketones is 2. The molecule has 0 aromatic carbocycles. The van der Waals surface area contributed by atoms with Gasteiger partial charge in [-0.2, -0.15) is 0 Å². The Morgan fingerprint density at radius 2 is 1.31 bits per heavy atom. The van der Waals surface area contributed by atoms with Gasteiger partial charge in [-0.1, -0.05) is 0 Å². The van der Waals surface area contributed by atoms with Crippen molar-refractivity contribution in [1.29, 1.82) is 0 Å². The van der Waals surface area contributed by atoms with Crippen molar-refractivity contribution in [1.82, 2.24) is 0 Å². The number of carbonyl (C=O) groups is 2. The van der Waals surface area contributed by atoms with Crippen LogP contribution in [0.5, 0.6) is 0 Å². The summed E-state index contributed by atoms with van der Waals surface area (Å²) in [6.07, 6.45) is 6.08. The zero-order valence-electron chi connectivity index (χ0n) is 7.92. The maximum atomic E-state index is 11.6. The Labute approximate surface area is 78.7 Å². The number of hydrogen-bond acceptors (Lipinski definition) is 2. The van der Waals surface area contributed by atoms with Gasteiger partial charge in [-0.05, 0) is 32.1 Å². The fourth-order valence-electron chi connectivity index (χ4n) is 2.62. The molecular weight excluding hydrogens is 164 g/mol. The van der Waals surface area contributed by atoms with Gasteiger partial charge in [0.1, 0.15) is 11.6 Å². The molecule has 2 fully saturated rings. The first-order chi connectivity index (χ1) is 6.27. The molecule has 0 N–H and O–H groups in total. The summed E-state index contributed by atoms with van der Waals surface area (Å²) in [6.45, 7) is 0. The Hall–Kier alpha value is -0.660. The summed E-state index contributed by atoms with van der Waals surface area (Å²) in [6, 6.07) is 0. The molecule has 2 aliphatic rings. The SMILES string of the molecule is O=C1CCCC2CC1CCCC2=O. The lowest BCUT2D eigenvalue weighted by Crippen LogP contribution is -2.15. The van der Waals surface area contributed by atoms with Gasteiger partial charge in [-0.15, -0.1) is 0 Å². The van der Waals surface area contributed by atoms with Crippen LogP contribution in [0, 0.1) is 11.8 Å². The third kappa shape index (κ3) is 1.82. The fraction of sp³-hybridized carbons (Fsp3) is 0.818. The van der Waals surface area contributed by atoms with Crippen molar-refractivity contribution in [2.45, 2.75) is 44.9 Å². The summed E-state index contributed by atoms with van der Waals surface area (Å²) in [7, 11) is 0. The number of hydrogen-bond donors (Lipinski definition) is 0. The topological polar surface area (TPSA) is 34.1 Å². The van der Waals surface area contributed by atoms with Crippen molar-refractivity contribution in [3.05, 3.63) is 0 Å². The van der Waals surface area contributed by atoms with Gasteiger partial charge < -0.3 is 0 Å². The molecule has 2 heteroatoms. The molecule has 0 amide bonds. The van der Waals surface area contributed by atoms with Gasteiger partial charge in [0.2, 0.25) is 0 Å². The largest absolute Gasteiger partial charge is 0.299 e. The second-order valence-corrected chi connectivity index (χ2v) is 4.35. The molecule has 13 heavy (non-hydrogen) atoms. The minimum absolute atomic E-state index is 0.221. The minimum atomic E-state index is 0.221. The van der Waals surface area contributed by atoms with Gasteiger partial charge >= 0.3 is 0 Å². The lowest BCUT2D eigenvalue weighted by Gasteiger charge is -2.12. The highest BCUT2D eigenvalue weighted by Gasteiger charge is 2.32. The Morgan fingerprint density at radius 1 is 0.846 bits per heavy atom.